The molecule has 1 spiro atoms. The van der Waals surface area contributed by atoms with Crippen LogP contribution in [0.15, 0.2) is 11.6 Å². The molecule has 2 N–H and O–H groups in total. The summed E-state index contributed by atoms with van der Waals surface area (Å²) in [5.74, 6) is 0.137. The number of halogens is 1. The average molecular weight is 395 g/mol. The minimum Gasteiger partial charge on any atom is -0.317 e. The van der Waals surface area contributed by atoms with Crippen LogP contribution in [-0.2, 0) is 16.6 Å². The summed E-state index contributed by atoms with van der Waals surface area (Å²) in [6, 6.07) is 0.569. The molecule has 1 saturated heterocycles. The van der Waals surface area contributed by atoms with Crippen molar-refractivity contribution in [1.29, 1.82) is 0 Å². The van der Waals surface area contributed by atoms with E-state index in [9.17, 15) is 8.42 Å². The number of thiazole rings is 1. The quantitative estimate of drug-likeness (QED) is 0.698. The Bertz CT molecular complexity index is 603. The maximum absolute atomic E-state index is 11.6. The van der Waals surface area contributed by atoms with Gasteiger partial charge in [-0.1, -0.05) is 0 Å². The van der Waals surface area contributed by atoms with Crippen LogP contribution in [0.25, 0.3) is 0 Å². The second kappa shape index (κ2) is 8.42. The van der Waals surface area contributed by atoms with Gasteiger partial charge in [-0.3, -0.25) is 4.90 Å². The van der Waals surface area contributed by atoms with E-state index in [1.165, 1.54) is 19.3 Å². The Labute approximate surface area is 154 Å². The topological polar surface area (TPSA) is 74.3 Å². The fourth-order valence-corrected chi connectivity index (χ4v) is 4.85. The van der Waals surface area contributed by atoms with Gasteiger partial charge >= 0.3 is 0 Å². The summed E-state index contributed by atoms with van der Waals surface area (Å²) in [4.78, 5) is 6.83. The molecule has 1 aromatic rings. The average Bonchev–Trinajstić information content (AvgIpc) is 2.97. The van der Waals surface area contributed by atoms with Crippen molar-refractivity contribution in [3.8, 4) is 0 Å². The first-order valence-electron chi connectivity index (χ1n) is 8.35. The molecule has 1 unspecified atom stereocenters. The van der Waals surface area contributed by atoms with E-state index in [1.807, 2.05) is 11.6 Å². The van der Waals surface area contributed by atoms with E-state index >= 15 is 0 Å². The van der Waals surface area contributed by atoms with E-state index < -0.39 is 10.0 Å². The smallest absolute Gasteiger partial charge is 0.211 e. The van der Waals surface area contributed by atoms with Gasteiger partial charge < -0.3 is 5.32 Å². The summed E-state index contributed by atoms with van der Waals surface area (Å²) in [7, 11) is -3.12. The minimum atomic E-state index is -3.12. The monoisotopic (exact) mass is 394 g/mol. The Morgan fingerprint density at radius 2 is 2.21 bits per heavy atom. The highest BCUT2D eigenvalue weighted by Crippen LogP contribution is 2.55. The number of sulfonamides is 1. The summed E-state index contributed by atoms with van der Waals surface area (Å²) in [6.07, 6.45) is 5.53. The van der Waals surface area contributed by atoms with Crippen LogP contribution in [0.2, 0.25) is 0 Å². The van der Waals surface area contributed by atoms with Crippen molar-refractivity contribution >= 4 is 33.8 Å². The van der Waals surface area contributed by atoms with Crippen molar-refractivity contribution in [3.05, 3.63) is 16.6 Å². The van der Waals surface area contributed by atoms with Crippen molar-refractivity contribution in [2.75, 3.05) is 31.9 Å². The fraction of sp³-hybridized carbons (Fsp3) is 0.800. The van der Waals surface area contributed by atoms with Crippen molar-refractivity contribution in [2.24, 2.45) is 5.41 Å². The predicted octanol–water partition coefficient (Wildman–Crippen LogP) is 1.45. The van der Waals surface area contributed by atoms with Gasteiger partial charge in [0.15, 0.2) is 0 Å². The van der Waals surface area contributed by atoms with Gasteiger partial charge in [0.05, 0.1) is 12.3 Å². The Hall–Kier alpha value is -0.250. The maximum atomic E-state index is 11.6. The van der Waals surface area contributed by atoms with Gasteiger partial charge in [-0.25, -0.2) is 18.1 Å². The summed E-state index contributed by atoms with van der Waals surface area (Å²) < 4.78 is 26.0. The van der Waals surface area contributed by atoms with Crippen molar-refractivity contribution in [2.45, 2.75) is 38.8 Å². The lowest BCUT2D eigenvalue weighted by Gasteiger charge is -2.29. The predicted molar refractivity (Wildman–Crippen MR) is 100 cm³/mol. The fourth-order valence-electron chi connectivity index (χ4n) is 3.60. The first-order valence-corrected chi connectivity index (χ1v) is 10.9. The van der Waals surface area contributed by atoms with Gasteiger partial charge in [0.25, 0.3) is 0 Å². The van der Waals surface area contributed by atoms with E-state index in [0.717, 1.165) is 31.2 Å². The molecule has 2 aliphatic rings. The molecule has 2 fully saturated rings. The van der Waals surface area contributed by atoms with E-state index in [2.05, 4.69) is 19.9 Å². The lowest BCUT2D eigenvalue weighted by atomic mass is 9.93. The van der Waals surface area contributed by atoms with Gasteiger partial charge in [-0.2, -0.15) is 0 Å². The number of aromatic nitrogens is 1. The Morgan fingerprint density at radius 1 is 1.46 bits per heavy atom. The summed E-state index contributed by atoms with van der Waals surface area (Å²) in [5, 5.41) is 6.55. The lowest BCUT2D eigenvalue weighted by Crippen LogP contribution is -2.40. The van der Waals surface area contributed by atoms with Crippen LogP contribution in [0.5, 0.6) is 0 Å². The molecule has 1 saturated carbocycles. The van der Waals surface area contributed by atoms with Gasteiger partial charge in [0, 0.05) is 30.7 Å². The number of hydrogen-bond donors (Lipinski definition) is 2. The molecule has 1 aliphatic carbocycles. The molecule has 0 amide bonds. The first kappa shape index (κ1) is 20.1. The molecule has 6 nitrogen and oxygen atoms in total. The van der Waals surface area contributed by atoms with Crippen LogP contribution < -0.4 is 10.0 Å². The normalized spacial score (nSPS) is 22.5. The second-order valence-electron chi connectivity index (χ2n) is 6.53. The molecule has 1 aliphatic heterocycles. The highest BCUT2D eigenvalue weighted by molar-refractivity contribution is 7.89. The largest absolute Gasteiger partial charge is 0.317 e. The molecule has 0 aromatic carbocycles. The molecule has 24 heavy (non-hydrogen) atoms. The summed E-state index contributed by atoms with van der Waals surface area (Å²) in [6.45, 7) is 5.92. The van der Waals surface area contributed by atoms with Gasteiger partial charge in [0.1, 0.15) is 5.01 Å². The zero-order chi connectivity index (χ0) is 16.3. The third kappa shape index (κ3) is 4.89. The maximum Gasteiger partial charge on any atom is 0.211 e. The van der Waals surface area contributed by atoms with E-state index in [4.69, 9.17) is 0 Å². The number of hydrogen-bond acceptors (Lipinski definition) is 6. The molecular formula is C15H27ClN4O2S2. The Kier molecular flexibility index (Phi) is 7.04. The highest BCUT2D eigenvalue weighted by atomic mass is 35.5. The summed E-state index contributed by atoms with van der Waals surface area (Å²) in [5.41, 5.74) is 0.451. The Balaban J connectivity index is 0.00000208. The molecular weight excluding hydrogens is 368 g/mol. The number of nitrogens with zero attached hydrogens (tertiary/aromatic N) is 2. The van der Waals surface area contributed by atoms with E-state index in [0.29, 0.717) is 18.0 Å². The Morgan fingerprint density at radius 3 is 2.83 bits per heavy atom. The molecule has 9 heteroatoms. The van der Waals surface area contributed by atoms with Crippen LogP contribution >= 0.6 is 23.7 Å². The molecule has 0 bridgehead atoms. The molecule has 1 atom stereocenters. The van der Waals surface area contributed by atoms with Crippen LogP contribution in [-0.4, -0.2) is 56.3 Å². The molecule has 3 rings (SSSR count). The van der Waals surface area contributed by atoms with E-state index in [-0.39, 0.29) is 18.2 Å². The summed E-state index contributed by atoms with van der Waals surface area (Å²) >= 11 is 1.67. The number of rotatable bonds is 8. The highest BCUT2D eigenvalue weighted by Gasteiger charge is 2.56. The van der Waals surface area contributed by atoms with Gasteiger partial charge in [-0.15, -0.1) is 23.7 Å². The van der Waals surface area contributed by atoms with Crippen LogP contribution in [0.4, 0.5) is 0 Å². The number of piperidine rings is 1. The molecule has 1 aromatic heterocycles. The molecule has 138 valence electrons. The molecule has 0 radical (unpaired) electrons. The van der Waals surface area contributed by atoms with E-state index in [1.54, 1.807) is 18.3 Å². The zero-order valence-corrected chi connectivity index (χ0v) is 16.5. The molecule has 2 heterocycles. The van der Waals surface area contributed by atoms with Crippen molar-refractivity contribution in [3.63, 3.8) is 0 Å². The number of nitrogens with one attached hydrogen (secondary N) is 2. The van der Waals surface area contributed by atoms with Gasteiger partial charge in [-0.05, 0) is 44.7 Å². The second-order valence-corrected chi connectivity index (χ2v) is 9.60. The third-order valence-corrected chi connectivity index (χ3v) is 7.28. The van der Waals surface area contributed by atoms with Crippen LogP contribution in [0.3, 0.4) is 0 Å². The zero-order valence-electron chi connectivity index (χ0n) is 14.0. The SMILES string of the molecule is CCS(=O)(=O)NCCN(Cc1nccs1)C1CC12CCNCC2.Cl. The van der Waals surface area contributed by atoms with Crippen LogP contribution in [0.1, 0.15) is 31.2 Å². The first-order chi connectivity index (χ1) is 11.0. The van der Waals surface area contributed by atoms with Gasteiger partial charge in [0.2, 0.25) is 10.0 Å². The van der Waals surface area contributed by atoms with Crippen LogP contribution in [0, 0.1) is 5.41 Å². The lowest BCUT2D eigenvalue weighted by molar-refractivity contribution is 0.198. The van der Waals surface area contributed by atoms with Crippen molar-refractivity contribution in [1.82, 2.24) is 19.9 Å². The third-order valence-electron chi connectivity index (χ3n) is 5.11. The minimum absolute atomic E-state index is 0. The van der Waals surface area contributed by atoms with Crippen molar-refractivity contribution < 1.29 is 8.42 Å². The standard InChI is InChI=1S/C15H26N4O2S2.ClH/c1-2-23(20,21)18-7-9-19(12-14-17-8-10-22-14)13-11-15(13)3-5-16-6-4-15;/h8,10,13,16,18H,2-7,9,11-12H2,1H3;1H.